The number of hydrogen-bond acceptors (Lipinski definition) is 6. The third-order valence-electron chi connectivity index (χ3n) is 3.92. The molecule has 0 bridgehead atoms. The zero-order valence-corrected chi connectivity index (χ0v) is 16.7. The number of aryl methyl sites for hydroxylation is 1. The summed E-state index contributed by atoms with van der Waals surface area (Å²) in [4.78, 5) is 22.8. The van der Waals surface area contributed by atoms with Crippen molar-refractivity contribution >= 4 is 27.3 Å². The van der Waals surface area contributed by atoms with Gasteiger partial charge in [0.15, 0.2) is 0 Å². The summed E-state index contributed by atoms with van der Waals surface area (Å²) in [6, 6.07) is 8.30. The molecule has 2 rings (SSSR count). The number of anilines is 1. The van der Waals surface area contributed by atoms with Gasteiger partial charge in [0.25, 0.3) is 11.6 Å². The van der Waals surface area contributed by atoms with Gasteiger partial charge in [-0.25, -0.2) is 12.7 Å². The number of hydrogen-bond donors (Lipinski definition) is 1. The van der Waals surface area contributed by atoms with E-state index in [9.17, 15) is 23.3 Å². The highest BCUT2D eigenvalue weighted by molar-refractivity contribution is 7.89. The van der Waals surface area contributed by atoms with Gasteiger partial charge in [-0.15, -0.1) is 0 Å². The topological polar surface area (TPSA) is 119 Å². The van der Waals surface area contributed by atoms with E-state index < -0.39 is 20.9 Å². The Morgan fingerprint density at radius 3 is 2.43 bits per heavy atom. The number of nitrogens with one attached hydrogen (secondary N) is 1. The molecule has 2 aromatic rings. The molecule has 0 aliphatic carbocycles. The molecule has 0 saturated carbocycles. The normalized spacial score (nSPS) is 11.3. The summed E-state index contributed by atoms with van der Waals surface area (Å²) in [7, 11) is -0.995. The lowest BCUT2D eigenvalue weighted by Gasteiger charge is -2.16. The summed E-state index contributed by atoms with van der Waals surface area (Å²) < 4.78 is 31.5. The Morgan fingerprint density at radius 1 is 1.21 bits per heavy atom. The summed E-state index contributed by atoms with van der Waals surface area (Å²) in [5, 5.41) is 13.5. The Balaban J connectivity index is 2.37. The van der Waals surface area contributed by atoms with E-state index in [-0.39, 0.29) is 34.2 Å². The van der Waals surface area contributed by atoms with E-state index >= 15 is 0 Å². The molecule has 150 valence electrons. The fourth-order valence-electron chi connectivity index (χ4n) is 2.46. The summed E-state index contributed by atoms with van der Waals surface area (Å²) in [5.74, 6) is -0.337. The minimum Gasteiger partial charge on any atom is -0.492 e. The molecule has 0 heterocycles. The molecule has 0 aliphatic heterocycles. The minimum absolute atomic E-state index is 0.0722. The maximum absolute atomic E-state index is 12.6. The van der Waals surface area contributed by atoms with Gasteiger partial charge >= 0.3 is 0 Å². The van der Waals surface area contributed by atoms with Gasteiger partial charge < -0.3 is 10.1 Å². The lowest BCUT2D eigenvalue weighted by Crippen LogP contribution is -2.23. The third kappa shape index (κ3) is 4.46. The lowest BCUT2D eigenvalue weighted by molar-refractivity contribution is -0.385. The van der Waals surface area contributed by atoms with Gasteiger partial charge in [0.1, 0.15) is 10.6 Å². The van der Waals surface area contributed by atoms with Crippen molar-refractivity contribution in [2.24, 2.45) is 0 Å². The van der Waals surface area contributed by atoms with Gasteiger partial charge in [0.2, 0.25) is 10.0 Å². The van der Waals surface area contributed by atoms with Crippen molar-refractivity contribution in [1.29, 1.82) is 0 Å². The number of amides is 1. The van der Waals surface area contributed by atoms with Crippen LogP contribution in [0.15, 0.2) is 41.3 Å². The van der Waals surface area contributed by atoms with Gasteiger partial charge in [-0.1, -0.05) is 0 Å². The fraction of sp³-hybridized carbons (Fsp3) is 0.278. The van der Waals surface area contributed by atoms with Crippen molar-refractivity contribution < 1.29 is 22.9 Å². The Hall–Kier alpha value is -2.98. The number of benzene rings is 2. The highest BCUT2D eigenvalue weighted by Gasteiger charge is 2.23. The summed E-state index contributed by atoms with van der Waals surface area (Å²) in [6.07, 6.45) is 0. The average molecular weight is 407 g/mol. The van der Waals surface area contributed by atoms with Gasteiger partial charge in [-0.05, 0) is 44.2 Å². The molecule has 0 unspecified atom stereocenters. The molecule has 10 heteroatoms. The van der Waals surface area contributed by atoms with Crippen molar-refractivity contribution in [3.05, 3.63) is 57.6 Å². The van der Waals surface area contributed by atoms with E-state index in [0.717, 1.165) is 4.31 Å². The first kappa shape index (κ1) is 21.3. The van der Waals surface area contributed by atoms with Crippen LogP contribution < -0.4 is 10.1 Å². The highest BCUT2D eigenvalue weighted by atomic mass is 32.2. The molecule has 0 fully saturated rings. The van der Waals surface area contributed by atoms with Crippen molar-refractivity contribution in [1.82, 2.24) is 4.31 Å². The molecule has 0 aliphatic rings. The molecule has 0 aromatic heterocycles. The second kappa shape index (κ2) is 8.36. The molecule has 0 spiro atoms. The number of sulfonamides is 1. The molecule has 0 atom stereocenters. The van der Waals surface area contributed by atoms with Gasteiger partial charge in [-0.2, -0.15) is 0 Å². The molecular weight excluding hydrogens is 386 g/mol. The van der Waals surface area contributed by atoms with Gasteiger partial charge in [0, 0.05) is 37.0 Å². The van der Waals surface area contributed by atoms with Crippen molar-refractivity contribution in [3.8, 4) is 5.75 Å². The van der Waals surface area contributed by atoms with Crippen LogP contribution in [-0.2, 0) is 10.0 Å². The second-order valence-corrected chi connectivity index (χ2v) is 8.21. The highest BCUT2D eigenvalue weighted by Crippen LogP contribution is 2.29. The monoisotopic (exact) mass is 407 g/mol. The largest absolute Gasteiger partial charge is 0.492 e. The maximum Gasteiger partial charge on any atom is 0.272 e. The lowest BCUT2D eigenvalue weighted by atomic mass is 10.1. The quantitative estimate of drug-likeness (QED) is 0.557. The maximum atomic E-state index is 12.6. The van der Waals surface area contributed by atoms with Gasteiger partial charge in [0.05, 0.1) is 11.5 Å². The van der Waals surface area contributed by atoms with Crippen LogP contribution in [0.25, 0.3) is 0 Å². The van der Waals surface area contributed by atoms with E-state index in [1.165, 1.54) is 57.4 Å². The SMILES string of the molecule is CCOc1ccc(NC(=O)c2ccc([N+](=O)[O-])c(C)c2)cc1S(=O)(=O)N(C)C. The van der Waals surface area contributed by atoms with Crippen LogP contribution >= 0.6 is 0 Å². The van der Waals surface area contributed by atoms with Crippen LogP contribution in [-0.4, -0.2) is 44.3 Å². The average Bonchev–Trinajstić information content (AvgIpc) is 2.62. The Morgan fingerprint density at radius 2 is 1.89 bits per heavy atom. The van der Waals surface area contributed by atoms with Crippen LogP contribution in [0.5, 0.6) is 5.75 Å². The van der Waals surface area contributed by atoms with E-state index in [1.54, 1.807) is 6.92 Å². The molecule has 0 saturated heterocycles. The van der Waals surface area contributed by atoms with Crippen LogP contribution in [0.3, 0.4) is 0 Å². The van der Waals surface area contributed by atoms with E-state index in [0.29, 0.717) is 5.56 Å². The zero-order chi connectivity index (χ0) is 21.1. The standard InChI is InChI=1S/C18H21N3O6S/c1-5-27-16-9-7-14(11-17(16)28(25,26)20(3)4)19-18(22)13-6-8-15(21(23)24)12(2)10-13/h6-11H,5H2,1-4H3,(H,19,22). The number of nitrogens with zero attached hydrogens (tertiary/aromatic N) is 2. The van der Waals surface area contributed by atoms with Crippen LogP contribution in [0.2, 0.25) is 0 Å². The molecule has 1 N–H and O–H groups in total. The molecule has 0 radical (unpaired) electrons. The van der Waals surface area contributed by atoms with E-state index in [1.807, 2.05) is 0 Å². The van der Waals surface area contributed by atoms with Crippen LogP contribution in [0.4, 0.5) is 11.4 Å². The first-order chi connectivity index (χ1) is 13.1. The Bertz CT molecular complexity index is 1020. The first-order valence-electron chi connectivity index (χ1n) is 8.33. The minimum atomic E-state index is -3.79. The van der Waals surface area contributed by atoms with Crippen LogP contribution in [0.1, 0.15) is 22.8 Å². The molecule has 9 nitrogen and oxygen atoms in total. The molecule has 1 amide bonds. The molecule has 28 heavy (non-hydrogen) atoms. The van der Waals surface area contributed by atoms with Crippen molar-refractivity contribution in [3.63, 3.8) is 0 Å². The Kier molecular flexibility index (Phi) is 6.37. The van der Waals surface area contributed by atoms with Gasteiger partial charge in [-0.3, -0.25) is 14.9 Å². The number of nitro benzene ring substituents is 1. The number of ether oxygens (including phenoxy) is 1. The van der Waals surface area contributed by atoms with Crippen molar-refractivity contribution in [2.75, 3.05) is 26.0 Å². The first-order valence-corrected chi connectivity index (χ1v) is 9.77. The van der Waals surface area contributed by atoms with E-state index in [2.05, 4.69) is 5.32 Å². The predicted octanol–water partition coefficient (Wildman–Crippen LogP) is 2.80. The van der Waals surface area contributed by atoms with Crippen LogP contribution in [0, 0.1) is 17.0 Å². The second-order valence-electron chi connectivity index (χ2n) is 6.09. The smallest absolute Gasteiger partial charge is 0.272 e. The number of carbonyl (C=O) groups excluding carboxylic acids is 1. The number of carbonyl (C=O) groups is 1. The zero-order valence-electron chi connectivity index (χ0n) is 15.9. The third-order valence-corrected chi connectivity index (χ3v) is 5.75. The molecule has 2 aromatic carbocycles. The van der Waals surface area contributed by atoms with E-state index in [4.69, 9.17) is 4.74 Å². The summed E-state index contributed by atoms with van der Waals surface area (Å²) >= 11 is 0. The summed E-state index contributed by atoms with van der Waals surface area (Å²) in [6.45, 7) is 3.55. The summed E-state index contributed by atoms with van der Waals surface area (Å²) in [5.41, 5.74) is 0.732. The predicted molar refractivity (Wildman–Crippen MR) is 104 cm³/mol. The Labute approximate surface area is 163 Å². The van der Waals surface area contributed by atoms with Crippen molar-refractivity contribution in [2.45, 2.75) is 18.7 Å². The number of rotatable bonds is 7. The number of nitro groups is 1. The molecular formula is C18H21N3O6S. The fourth-order valence-corrected chi connectivity index (χ4v) is 3.51.